The van der Waals surface area contributed by atoms with Gasteiger partial charge in [0.15, 0.2) is 0 Å². The molecule has 0 bridgehead atoms. The van der Waals surface area contributed by atoms with Gasteiger partial charge >= 0.3 is 6.03 Å². The smallest absolute Gasteiger partial charge is 0.315 e. The van der Waals surface area contributed by atoms with E-state index in [1.165, 1.54) is 0 Å². The monoisotopic (exact) mass is 303 g/mol. The molecule has 5 nitrogen and oxygen atoms in total. The van der Waals surface area contributed by atoms with Crippen LogP contribution in [-0.4, -0.2) is 36.5 Å². The number of urea groups is 1. The van der Waals surface area contributed by atoms with Crippen molar-refractivity contribution >= 4 is 11.9 Å². The van der Waals surface area contributed by atoms with E-state index in [4.69, 9.17) is 0 Å². The van der Waals surface area contributed by atoms with E-state index in [1.807, 2.05) is 49.1 Å². The van der Waals surface area contributed by atoms with Crippen molar-refractivity contribution in [2.24, 2.45) is 5.92 Å². The van der Waals surface area contributed by atoms with Crippen LogP contribution in [0.25, 0.3) is 0 Å². The van der Waals surface area contributed by atoms with Crippen LogP contribution >= 0.6 is 0 Å². The summed E-state index contributed by atoms with van der Waals surface area (Å²) in [6.07, 6.45) is 2.07. The van der Waals surface area contributed by atoms with Gasteiger partial charge in [0.2, 0.25) is 5.91 Å². The van der Waals surface area contributed by atoms with Crippen LogP contribution in [-0.2, 0) is 4.79 Å². The number of carbonyl (C=O) groups is 2. The lowest BCUT2D eigenvalue weighted by Gasteiger charge is -2.24. The number of rotatable bonds is 5. The number of hydrogen-bond acceptors (Lipinski definition) is 2. The molecule has 2 rings (SSSR count). The lowest BCUT2D eigenvalue weighted by Crippen LogP contribution is -2.46. The number of benzene rings is 1. The molecule has 3 amide bonds. The predicted octanol–water partition coefficient (Wildman–Crippen LogP) is 2.31. The second-order valence-corrected chi connectivity index (χ2v) is 6.12. The minimum Gasteiger partial charge on any atom is -0.341 e. The highest BCUT2D eigenvalue weighted by atomic mass is 16.2. The summed E-state index contributed by atoms with van der Waals surface area (Å²) >= 11 is 0. The second-order valence-electron chi connectivity index (χ2n) is 6.12. The summed E-state index contributed by atoms with van der Waals surface area (Å²) in [6.45, 7) is 6.20. The number of nitrogens with zero attached hydrogens (tertiary/aromatic N) is 1. The van der Waals surface area contributed by atoms with Crippen molar-refractivity contribution in [3.05, 3.63) is 35.9 Å². The Hall–Kier alpha value is -2.04. The maximum absolute atomic E-state index is 12.7. The summed E-state index contributed by atoms with van der Waals surface area (Å²) in [7, 11) is 0. The molecule has 0 aromatic heterocycles. The molecule has 22 heavy (non-hydrogen) atoms. The molecule has 1 atom stereocenters. The fourth-order valence-electron chi connectivity index (χ4n) is 2.53. The van der Waals surface area contributed by atoms with Crippen LogP contribution in [0, 0.1) is 5.92 Å². The maximum atomic E-state index is 12.7. The van der Waals surface area contributed by atoms with E-state index in [2.05, 4.69) is 10.6 Å². The normalized spacial score (nSPS) is 15.7. The van der Waals surface area contributed by atoms with Gasteiger partial charge in [-0.3, -0.25) is 4.79 Å². The highest BCUT2D eigenvalue weighted by Gasteiger charge is 2.28. The van der Waals surface area contributed by atoms with Crippen LogP contribution in [0.1, 0.15) is 38.3 Å². The zero-order valence-corrected chi connectivity index (χ0v) is 13.3. The summed E-state index contributed by atoms with van der Waals surface area (Å²) in [5, 5.41) is 5.63. The summed E-state index contributed by atoms with van der Waals surface area (Å²) in [5.74, 6) is 0.346. The van der Waals surface area contributed by atoms with Crippen molar-refractivity contribution in [2.45, 2.75) is 32.7 Å². The molecule has 120 valence electrons. The third-order valence-corrected chi connectivity index (χ3v) is 3.74. The average Bonchev–Trinajstić information content (AvgIpc) is 3.05. The fourth-order valence-corrected chi connectivity index (χ4v) is 2.53. The molecular weight excluding hydrogens is 278 g/mol. The molecule has 1 aromatic rings. The van der Waals surface area contributed by atoms with Crippen molar-refractivity contribution in [1.82, 2.24) is 15.5 Å². The first-order valence-electron chi connectivity index (χ1n) is 7.96. The van der Waals surface area contributed by atoms with Crippen molar-refractivity contribution in [1.29, 1.82) is 0 Å². The van der Waals surface area contributed by atoms with Gasteiger partial charge in [-0.1, -0.05) is 44.2 Å². The quantitative estimate of drug-likeness (QED) is 0.877. The van der Waals surface area contributed by atoms with E-state index in [9.17, 15) is 9.59 Å². The van der Waals surface area contributed by atoms with Gasteiger partial charge in [0.1, 0.15) is 6.04 Å². The minimum absolute atomic E-state index is 0.0246. The van der Waals surface area contributed by atoms with Gasteiger partial charge in [-0.2, -0.15) is 0 Å². The Balaban J connectivity index is 2.08. The van der Waals surface area contributed by atoms with Crippen LogP contribution < -0.4 is 10.6 Å². The predicted molar refractivity (Wildman–Crippen MR) is 86.4 cm³/mol. The maximum Gasteiger partial charge on any atom is 0.315 e. The van der Waals surface area contributed by atoms with Gasteiger partial charge in [0.05, 0.1) is 0 Å². The third-order valence-electron chi connectivity index (χ3n) is 3.74. The molecule has 1 unspecified atom stereocenters. The van der Waals surface area contributed by atoms with Crippen LogP contribution in [0.2, 0.25) is 0 Å². The molecule has 0 radical (unpaired) electrons. The van der Waals surface area contributed by atoms with Crippen LogP contribution in [0.3, 0.4) is 0 Å². The first-order valence-corrected chi connectivity index (χ1v) is 7.96. The van der Waals surface area contributed by atoms with Gasteiger partial charge < -0.3 is 15.5 Å². The van der Waals surface area contributed by atoms with Gasteiger partial charge in [0.25, 0.3) is 0 Å². The average molecular weight is 303 g/mol. The largest absolute Gasteiger partial charge is 0.341 e. The highest BCUT2D eigenvalue weighted by molar-refractivity contribution is 5.88. The Bertz CT molecular complexity index is 496. The molecule has 0 aliphatic carbocycles. The molecule has 0 saturated carbocycles. The van der Waals surface area contributed by atoms with Crippen molar-refractivity contribution in [3.63, 3.8) is 0 Å². The Labute approximate surface area is 132 Å². The van der Waals surface area contributed by atoms with Gasteiger partial charge in [-0.05, 0) is 24.3 Å². The number of hydrogen-bond donors (Lipinski definition) is 2. The van der Waals surface area contributed by atoms with E-state index in [0.717, 1.165) is 31.5 Å². The summed E-state index contributed by atoms with van der Waals surface area (Å²) in [6, 6.07) is 8.50. The van der Waals surface area contributed by atoms with Gasteiger partial charge in [0, 0.05) is 19.6 Å². The number of nitrogens with one attached hydrogen (secondary N) is 2. The Kier molecular flexibility index (Phi) is 5.81. The van der Waals surface area contributed by atoms with Crippen LogP contribution in [0.15, 0.2) is 30.3 Å². The number of likely N-dealkylation sites (tertiary alicyclic amines) is 1. The highest BCUT2D eigenvalue weighted by Crippen LogP contribution is 2.19. The lowest BCUT2D eigenvalue weighted by molar-refractivity contribution is -0.132. The Morgan fingerprint density at radius 3 is 2.36 bits per heavy atom. The molecule has 1 aromatic carbocycles. The first kappa shape index (κ1) is 16.3. The summed E-state index contributed by atoms with van der Waals surface area (Å²) < 4.78 is 0. The van der Waals surface area contributed by atoms with E-state index >= 15 is 0 Å². The Morgan fingerprint density at radius 1 is 1.14 bits per heavy atom. The number of carbonyl (C=O) groups excluding carboxylic acids is 2. The molecule has 1 fully saturated rings. The van der Waals surface area contributed by atoms with Crippen molar-refractivity contribution in [3.8, 4) is 0 Å². The standard InChI is InChI=1S/C17H25N3O2/c1-13(2)12-18-17(22)19-15(14-8-4-3-5-9-14)16(21)20-10-6-7-11-20/h3-5,8-9,13,15H,6-7,10-12H2,1-2H3,(H2,18,19,22). The van der Waals surface area contributed by atoms with E-state index < -0.39 is 6.04 Å². The van der Waals surface area contributed by atoms with E-state index in [-0.39, 0.29) is 11.9 Å². The second kappa shape index (κ2) is 7.82. The van der Waals surface area contributed by atoms with E-state index in [0.29, 0.717) is 12.5 Å². The zero-order chi connectivity index (χ0) is 15.9. The number of amides is 3. The van der Waals surface area contributed by atoms with Crippen molar-refractivity contribution < 1.29 is 9.59 Å². The molecule has 1 aliphatic rings. The minimum atomic E-state index is -0.619. The molecule has 0 spiro atoms. The molecule has 1 heterocycles. The first-order chi connectivity index (χ1) is 10.6. The Morgan fingerprint density at radius 2 is 1.77 bits per heavy atom. The zero-order valence-electron chi connectivity index (χ0n) is 13.3. The van der Waals surface area contributed by atoms with Gasteiger partial charge in [-0.15, -0.1) is 0 Å². The summed E-state index contributed by atoms with van der Waals surface area (Å²) in [4.78, 5) is 26.6. The topological polar surface area (TPSA) is 61.4 Å². The lowest BCUT2D eigenvalue weighted by atomic mass is 10.1. The summed E-state index contributed by atoms with van der Waals surface area (Å²) in [5.41, 5.74) is 0.819. The van der Waals surface area contributed by atoms with Crippen LogP contribution in [0.5, 0.6) is 0 Å². The molecular formula is C17H25N3O2. The third kappa shape index (κ3) is 4.48. The SMILES string of the molecule is CC(C)CNC(=O)NC(C(=O)N1CCCC1)c1ccccc1. The van der Waals surface area contributed by atoms with Gasteiger partial charge in [-0.25, -0.2) is 4.79 Å². The molecule has 1 aliphatic heterocycles. The van der Waals surface area contributed by atoms with Crippen LogP contribution in [0.4, 0.5) is 4.79 Å². The fraction of sp³-hybridized carbons (Fsp3) is 0.529. The molecule has 1 saturated heterocycles. The van der Waals surface area contributed by atoms with E-state index in [1.54, 1.807) is 0 Å². The van der Waals surface area contributed by atoms with Crippen molar-refractivity contribution in [2.75, 3.05) is 19.6 Å². The molecule has 5 heteroatoms. The molecule has 2 N–H and O–H groups in total.